The number of phenolic OH excluding ortho intramolecular Hbond substituents is 1. The van der Waals surface area contributed by atoms with Crippen LogP contribution in [-0.2, 0) is 0 Å². The third kappa shape index (κ3) is 1.61. The molecule has 0 radical (unpaired) electrons. The second-order valence-electron chi connectivity index (χ2n) is 4.78. The summed E-state index contributed by atoms with van der Waals surface area (Å²) in [6, 6.07) is 10.0. The van der Waals surface area contributed by atoms with Crippen molar-refractivity contribution in [1.82, 2.24) is 4.57 Å². The molecule has 1 aliphatic rings. The summed E-state index contributed by atoms with van der Waals surface area (Å²) in [5, 5.41) is 10.7. The first kappa shape index (κ1) is 12.1. The van der Waals surface area contributed by atoms with Crippen LogP contribution in [0.5, 0.6) is 5.75 Å². The molecule has 1 aliphatic carbocycles. The number of fused-ring (bicyclic) bond motifs is 2. The van der Waals surface area contributed by atoms with Gasteiger partial charge >= 0.3 is 0 Å². The number of hydrogen-bond donors (Lipinski definition) is 1. The Morgan fingerprint density at radius 2 is 1.71 bits per heavy atom. The first-order valence-corrected chi connectivity index (χ1v) is 7.17. The molecule has 1 aromatic carbocycles. The van der Waals surface area contributed by atoms with Crippen molar-refractivity contribution < 1.29 is 14.7 Å². The van der Waals surface area contributed by atoms with Gasteiger partial charge in [-0.05, 0) is 30.3 Å². The van der Waals surface area contributed by atoms with Crippen molar-refractivity contribution in [2.75, 3.05) is 0 Å². The topological polar surface area (TPSA) is 59.3 Å². The van der Waals surface area contributed by atoms with Crippen molar-refractivity contribution in [3.05, 3.63) is 70.4 Å². The van der Waals surface area contributed by atoms with Crippen molar-refractivity contribution in [3.8, 4) is 10.8 Å². The lowest BCUT2D eigenvalue weighted by Crippen LogP contribution is -2.18. The highest BCUT2D eigenvalue weighted by Crippen LogP contribution is 2.37. The molecular formula is C16H9NO3S. The van der Waals surface area contributed by atoms with Crippen LogP contribution in [0.15, 0.2) is 48.8 Å². The maximum absolute atomic E-state index is 12.5. The summed E-state index contributed by atoms with van der Waals surface area (Å²) >= 11 is 1.29. The molecule has 0 unspecified atom stereocenters. The number of aromatic hydroxyl groups is 1. The molecule has 0 saturated heterocycles. The highest BCUT2D eigenvalue weighted by molar-refractivity contribution is 7.17. The Kier molecular flexibility index (Phi) is 2.40. The van der Waals surface area contributed by atoms with Gasteiger partial charge in [0.25, 0.3) is 0 Å². The minimum absolute atomic E-state index is 0.104. The zero-order valence-electron chi connectivity index (χ0n) is 10.7. The molecule has 0 bridgehead atoms. The molecule has 0 spiro atoms. The van der Waals surface area contributed by atoms with Crippen LogP contribution in [0.4, 0.5) is 0 Å². The second kappa shape index (κ2) is 4.17. The van der Waals surface area contributed by atoms with E-state index in [9.17, 15) is 14.7 Å². The SMILES string of the molecule is O=C1c2cccc(O)c2C(=O)c2cc(-n3cccc3)sc21. The monoisotopic (exact) mass is 295 g/mol. The number of ketones is 2. The average molecular weight is 295 g/mol. The number of carbonyl (C=O) groups excluding carboxylic acids is 2. The quantitative estimate of drug-likeness (QED) is 0.587. The van der Waals surface area contributed by atoms with Crippen LogP contribution in [0.3, 0.4) is 0 Å². The Hall–Kier alpha value is -2.66. The molecule has 21 heavy (non-hydrogen) atoms. The number of nitrogens with zero attached hydrogens (tertiary/aromatic N) is 1. The average Bonchev–Trinajstić information content (AvgIpc) is 3.13. The summed E-state index contributed by atoms with van der Waals surface area (Å²) in [7, 11) is 0. The van der Waals surface area contributed by atoms with Gasteiger partial charge in [-0.3, -0.25) is 9.59 Å². The zero-order chi connectivity index (χ0) is 14.6. The number of aromatic nitrogens is 1. The van der Waals surface area contributed by atoms with Gasteiger partial charge in [-0.2, -0.15) is 0 Å². The molecule has 102 valence electrons. The summed E-state index contributed by atoms with van der Waals surface area (Å²) in [5.74, 6) is -0.656. The molecule has 0 amide bonds. The Balaban J connectivity index is 1.96. The van der Waals surface area contributed by atoms with E-state index in [2.05, 4.69) is 0 Å². The number of hydrogen-bond acceptors (Lipinski definition) is 4. The molecule has 2 aromatic heterocycles. The van der Waals surface area contributed by atoms with Crippen molar-refractivity contribution in [2.24, 2.45) is 0 Å². The molecule has 0 fully saturated rings. The zero-order valence-corrected chi connectivity index (χ0v) is 11.6. The van der Waals surface area contributed by atoms with Crippen LogP contribution in [0.1, 0.15) is 31.2 Å². The van der Waals surface area contributed by atoms with Crippen molar-refractivity contribution >= 4 is 22.9 Å². The molecule has 1 N–H and O–H groups in total. The lowest BCUT2D eigenvalue weighted by molar-refractivity contribution is 0.0980. The fraction of sp³-hybridized carbons (Fsp3) is 0. The fourth-order valence-electron chi connectivity index (χ4n) is 2.55. The Labute approximate surface area is 123 Å². The highest BCUT2D eigenvalue weighted by atomic mass is 32.1. The van der Waals surface area contributed by atoms with Crippen molar-refractivity contribution in [1.29, 1.82) is 0 Å². The number of carbonyl (C=O) groups is 2. The van der Waals surface area contributed by atoms with Gasteiger partial charge in [0.05, 0.1) is 10.4 Å². The van der Waals surface area contributed by atoms with Crippen LogP contribution in [0.25, 0.3) is 5.00 Å². The minimum Gasteiger partial charge on any atom is -0.507 e. The lowest BCUT2D eigenvalue weighted by atomic mass is 9.88. The van der Waals surface area contributed by atoms with E-state index in [1.807, 2.05) is 29.1 Å². The summed E-state index contributed by atoms with van der Waals surface area (Å²) in [6.45, 7) is 0. The largest absolute Gasteiger partial charge is 0.507 e. The van der Waals surface area contributed by atoms with Crippen molar-refractivity contribution in [2.45, 2.75) is 0 Å². The van der Waals surface area contributed by atoms with Crippen LogP contribution in [0.2, 0.25) is 0 Å². The minimum atomic E-state index is -0.299. The number of phenols is 1. The van der Waals surface area contributed by atoms with Gasteiger partial charge in [0.2, 0.25) is 5.78 Å². The summed E-state index contributed by atoms with van der Waals surface area (Å²) in [4.78, 5) is 25.5. The summed E-state index contributed by atoms with van der Waals surface area (Å²) in [5.41, 5.74) is 0.739. The van der Waals surface area contributed by atoms with Gasteiger partial charge in [-0.1, -0.05) is 6.07 Å². The van der Waals surface area contributed by atoms with E-state index in [0.717, 1.165) is 5.00 Å². The predicted octanol–water partition coefficient (Wildman–Crippen LogP) is 3.02. The Bertz CT molecular complexity index is 890. The van der Waals surface area contributed by atoms with Gasteiger partial charge in [0, 0.05) is 23.5 Å². The molecule has 4 rings (SSSR count). The number of thiophene rings is 1. The van der Waals surface area contributed by atoms with Crippen LogP contribution in [-0.4, -0.2) is 21.2 Å². The molecule has 2 heterocycles. The van der Waals surface area contributed by atoms with E-state index in [-0.39, 0.29) is 28.4 Å². The van der Waals surface area contributed by atoms with E-state index in [4.69, 9.17) is 0 Å². The van der Waals surface area contributed by atoms with Crippen LogP contribution < -0.4 is 0 Å². The molecular weight excluding hydrogens is 286 g/mol. The maximum Gasteiger partial charge on any atom is 0.204 e. The molecule has 3 aromatic rings. The fourth-order valence-corrected chi connectivity index (χ4v) is 3.63. The summed E-state index contributed by atoms with van der Waals surface area (Å²) in [6.07, 6.45) is 3.72. The van der Waals surface area contributed by atoms with Gasteiger partial charge in [-0.15, -0.1) is 11.3 Å². The smallest absolute Gasteiger partial charge is 0.204 e. The van der Waals surface area contributed by atoms with E-state index in [0.29, 0.717) is 10.4 Å². The van der Waals surface area contributed by atoms with Crippen molar-refractivity contribution in [3.63, 3.8) is 0 Å². The van der Waals surface area contributed by atoms with Gasteiger partial charge < -0.3 is 9.67 Å². The first-order valence-electron chi connectivity index (χ1n) is 6.35. The molecule has 0 atom stereocenters. The molecule has 0 saturated carbocycles. The van der Waals surface area contributed by atoms with Crippen LogP contribution in [0, 0.1) is 0 Å². The number of rotatable bonds is 1. The molecule has 5 heteroatoms. The molecule has 0 aliphatic heterocycles. The van der Waals surface area contributed by atoms with E-state index in [1.165, 1.54) is 17.4 Å². The second-order valence-corrected chi connectivity index (χ2v) is 5.81. The Morgan fingerprint density at radius 3 is 2.48 bits per heavy atom. The van der Waals surface area contributed by atoms with E-state index < -0.39 is 0 Å². The van der Waals surface area contributed by atoms with Gasteiger partial charge in [-0.25, -0.2) is 0 Å². The van der Waals surface area contributed by atoms with Crippen LogP contribution >= 0.6 is 11.3 Å². The first-order chi connectivity index (χ1) is 10.2. The van der Waals surface area contributed by atoms with E-state index in [1.54, 1.807) is 18.2 Å². The Morgan fingerprint density at radius 1 is 0.952 bits per heavy atom. The standard InChI is InChI=1S/C16H9NO3S/c18-11-5-3-4-9-13(11)14(19)10-8-12(17-6-1-2-7-17)21-16(10)15(9)20/h1-8,18H. The normalized spacial score (nSPS) is 13.1. The number of benzene rings is 1. The van der Waals surface area contributed by atoms with E-state index >= 15 is 0 Å². The third-order valence-electron chi connectivity index (χ3n) is 3.54. The molecule has 4 nitrogen and oxygen atoms in total. The maximum atomic E-state index is 12.5. The lowest BCUT2D eigenvalue weighted by Gasteiger charge is -2.14. The predicted molar refractivity (Wildman–Crippen MR) is 78.6 cm³/mol. The third-order valence-corrected chi connectivity index (χ3v) is 4.69. The van der Waals surface area contributed by atoms with Gasteiger partial charge in [0.15, 0.2) is 5.78 Å². The highest BCUT2D eigenvalue weighted by Gasteiger charge is 2.34. The summed E-state index contributed by atoms with van der Waals surface area (Å²) < 4.78 is 1.86. The van der Waals surface area contributed by atoms with Gasteiger partial charge in [0.1, 0.15) is 10.8 Å².